The number of nitrogens with one attached hydrogen (secondary N) is 1. The van der Waals surface area contributed by atoms with Gasteiger partial charge in [-0.2, -0.15) is 0 Å². The van der Waals surface area contributed by atoms with Crippen LogP contribution in [-0.2, 0) is 0 Å². The number of likely N-dealkylation sites (N-methyl/N-ethyl adjacent to an activating group) is 1. The summed E-state index contributed by atoms with van der Waals surface area (Å²) in [7, 11) is 2.16. The van der Waals surface area contributed by atoms with Crippen molar-refractivity contribution >= 4 is 62.3 Å². The molecule has 1 aliphatic rings. The van der Waals surface area contributed by atoms with Gasteiger partial charge in [0.25, 0.3) is 0 Å². The zero-order valence-corrected chi connectivity index (χ0v) is 21.0. The van der Waals surface area contributed by atoms with Gasteiger partial charge in [-0.1, -0.05) is 23.2 Å². The van der Waals surface area contributed by atoms with Crippen LogP contribution in [0.15, 0.2) is 61.3 Å². The molecule has 0 saturated carbocycles. The zero-order valence-electron chi connectivity index (χ0n) is 19.5. The number of fused-ring (bicyclic) bond motifs is 3. The van der Waals surface area contributed by atoms with E-state index >= 15 is 0 Å². The van der Waals surface area contributed by atoms with Crippen LogP contribution in [0.4, 0.5) is 17.3 Å². The fourth-order valence-corrected chi connectivity index (χ4v) is 5.01. The summed E-state index contributed by atoms with van der Waals surface area (Å²) in [5.41, 5.74) is 4.69. The lowest BCUT2D eigenvalue weighted by Gasteiger charge is -2.34. The lowest BCUT2D eigenvalue weighted by Crippen LogP contribution is -2.44. The van der Waals surface area contributed by atoms with Crippen molar-refractivity contribution in [3.63, 3.8) is 0 Å². The van der Waals surface area contributed by atoms with Crippen LogP contribution >= 0.6 is 23.2 Å². The van der Waals surface area contributed by atoms with Crippen LogP contribution in [0, 0.1) is 0 Å². The molecule has 10 heteroatoms. The van der Waals surface area contributed by atoms with Gasteiger partial charge in [0.2, 0.25) is 5.95 Å². The van der Waals surface area contributed by atoms with Gasteiger partial charge in [0.1, 0.15) is 11.0 Å². The lowest BCUT2D eigenvalue weighted by atomic mass is 10.0. The second-order valence-corrected chi connectivity index (χ2v) is 9.56. The average molecular weight is 517 g/mol. The molecule has 0 unspecified atom stereocenters. The van der Waals surface area contributed by atoms with Gasteiger partial charge in [-0.15, -0.1) is 0 Å². The van der Waals surface area contributed by atoms with E-state index in [1.807, 2.05) is 6.07 Å². The molecule has 1 N–H and O–H groups in total. The second-order valence-electron chi connectivity index (χ2n) is 8.75. The van der Waals surface area contributed by atoms with Gasteiger partial charge in [0, 0.05) is 78.7 Å². The monoisotopic (exact) mass is 516 g/mol. The van der Waals surface area contributed by atoms with Gasteiger partial charge < -0.3 is 15.1 Å². The molecule has 6 rings (SSSR count). The number of pyridine rings is 3. The maximum Gasteiger partial charge on any atom is 0.227 e. The number of aromatic nitrogens is 5. The smallest absolute Gasteiger partial charge is 0.227 e. The highest BCUT2D eigenvalue weighted by Gasteiger charge is 2.18. The Labute approximate surface area is 218 Å². The maximum absolute atomic E-state index is 6.45. The highest BCUT2D eigenvalue weighted by Crippen LogP contribution is 2.38. The van der Waals surface area contributed by atoms with Gasteiger partial charge in [-0.3, -0.25) is 9.97 Å². The molecule has 5 aromatic rings. The van der Waals surface area contributed by atoms with Gasteiger partial charge >= 0.3 is 0 Å². The first kappa shape index (κ1) is 22.8. The van der Waals surface area contributed by atoms with Crippen LogP contribution in [0.1, 0.15) is 0 Å². The molecule has 1 saturated heterocycles. The summed E-state index contributed by atoms with van der Waals surface area (Å²) in [6.07, 6.45) is 8.29. The van der Waals surface area contributed by atoms with Crippen molar-refractivity contribution in [3.05, 3.63) is 71.4 Å². The van der Waals surface area contributed by atoms with Gasteiger partial charge in [-0.25, -0.2) is 15.0 Å². The van der Waals surface area contributed by atoms with Crippen LogP contribution < -0.4 is 10.2 Å². The number of nitrogens with zero attached hydrogens (tertiary/aromatic N) is 7. The van der Waals surface area contributed by atoms with Crippen LogP contribution in [0.25, 0.3) is 33.1 Å². The van der Waals surface area contributed by atoms with Crippen molar-refractivity contribution in [2.75, 3.05) is 43.4 Å². The van der Waals surface area contributed by atoms with E-state index in [0.29, 0.717) is 38.3 Å². The Bertz CT molecular complexity index is 1550. The van der Waals surface area contributed by atoms with E-state index in [9.17, 15) is 0 Å². The Hall–Kier alpha value is -3.59. The summed E-state index contributed by atoms with van der Waals surface area (Å²) < 4.78 is 0. The minimum Gasteiger partial charge on any atom is -0.369 e. The molecule has 0 amide bonds. The third kappa shape index (κ3) is 4.28. The summed E-state index contributed by atoms with van der Waals surface area (Å²) in [5, 5.41) is 5.83. The molecule has 36 heavy (non-hydrogen) atoms. The average Bonchev–Trinajstić information content (AvgIpc) is 2.90. The van der Waals surface area contributed by atoms with Crippen LogP contribution in [-0.4, -0.2) is 63.0 Å². The first-order valence-corrected chi connectivity index (χ1v) is 12.3. The minimum absolute atomic E-state index is 0.423. The zero-order chi connectivity index (χ0) is 24.6. The molecule has 0 bridgehead atoms. The third-order valence-corrected chi connectivity index (χ3v) is 6.99. The summed E-state index contributed by atoms with van der Waals surface area (Å²) >= 11 is 12.9. The van der Waals surface area contributed by atoms with Gasteiger partial charge in [0.05, 0.1) is 21.9 Å². The van der Waals surface area contributed by atoms with Crippen molar-refractivity contribution in [3.8, 4) is 11.3 Å². The Kier molecular flexibility index (Phi) is 6.00. The Balaban J connectivity index is 1.35. The normalized spacial score (nSPS) is 14.5. The molecule has 1 aliphatic heterocycles. The van der Waals surface area contributed by atoms with E-state index in [0.717, 1.165) is 42.6 Å². The molecule has 4 aromatic heterocycles. The number of hydrogen-bond acceptors (Lipinski definition) is 8. The summed E-state index contributed by atoms with van der Waals surface area (Å²) in [5.74, 6) is 0.481. The molecule has 0 aliphatic carbocycles. The van der Waals surface area contributed by atoms with Crippen LogP contribution in [0.3, 0.4) is 0 Å². The standard InChI is InChI=1S/C26H22Cl2N8/c1-35-8-10-36(11-9-35)17-4-2-16(3-5-17)32-26-31-15-22-24(34-26)19-12-29-7-6-18(19)25(33-22)23-20(27)13-30-14-21(23)28/h2-7,12-15H,8-11H2,1H3,(H,31,32,34). The van der Waals surface area contributed by atoms with Crippen LogP contribution in [0.2, 0.25) is 10.0 Å². The highest BCUT2D eigenvalue weighted by atomic mass is 35.5. The largest absolute Gasteiger partial charge is 0.369 e. The van der Waals surface area contributed by atoms with E-state index < -0.39 is 0 Å². The van der Waals surface area contributed by atoms with Gasteiger partial charge in [-0.05, 0) is 37.4 Å². The molecular formula is C26H22Cl2N8. The number of halogens is 2. The number of piperazine rings is 1. The Morgan fingerprint density at radius 3 is 2.31 bits per heavy atom. The fraction of sp³-hybridized carbons (Fsp3) is 0.192. The molecule has 1 fully saturated rings. The van der Waals surface area contributed by atoms with E-state index in [1.54, 1.807) is 31.0 Å². The van der Waals surface area contributed by atoms with Crippen molar-refractivity contribution in [1.29, 1.82) is 0 Å². The third-order valence-electron chi connectivity index (χ3n) is 6.42. The molecule has 0 spiro atoms. The lowest BCUT2D eigenvalue weighted by molar-refractivity contribution is 0.313. The first-order valence-electron chi connectivity index (χ1n) is 11.6. The van der Waals surface area contributed by atoms with Crippen molar-refractivity contribution in [2.24, 2.45) is 0 Å². The van der Waals surface area contributed by atoms with E-state index in [2.05, 4.69) is 61.4 Å². The van der Waals surface area contributed by atoms with E-state index in [1.165, 1.54) is 5.69 Å². The summed E-state index contributed by atoms with van der Waals surface area (Å²) in [4.78, 5) is 27.2. The summed E-state index contributed by atoms with van der Waals surface area (Å²) in [6, 6.07) is 10.2. The molecule has 180 valence electrons. The van der Waals surface area contributed by atoms with Crippen molar-refractivity contribution < 1.29 is 0 Å². The topological polar surface area (TPSA) is 83.0 Å². The van der Waals surface area contributed by atoms with Gasteiger partial charge in [0.15, 0.2) is 0 Å². The predicted molar refractivity (Wildman–Crippen MR) is 145 cm³/mol. The molecular weight excluding hydrogens is 495 g/mol. The van der Waals surface area contributed by atoms with Crippen molar-refractivity contribution in [2.45, 2.75) is 0 Å². The SMILES string of the molecule is CN1CCN(c2ccc(Nc3ncc4nc(-c5c(Cl)cncc5Cl)c5ccncc5c4n3)cc2)CC1. The Morgan fingerprint density at radius 1 is 0.806 bits per heavy atom. The predicted octanol–water partition coefficient (Wildman–Crippen LogP) is 5.44. The number of anilines is 3. The number of hydrogen-bond donors (Lipinski definition) is 1. The van der Waals surface area contributed by atoms with Crippen molar-refractivity contribution in [1.82, 2.24) is 29.8 Å². The first-order chi connectivity index (χ1) is 17.6. The summed E-state index contributed by atoms with van der Waals surface area (Å²) in [6.45, 7) is 4.21. The number of rotatable bonds is 4. The number of benzene rings is 1. The fourth-order valence-electron chi connectivity index (χ4n) is 4.46. The molecule has 0 radical (unpaired) electrons. The van der Waals surface area contributed by atoms with E-state index in [4.69, 9.17) is 33.2 Å². The maximum atomic E-state index is 6.45. The quantitative estimate of drug-likeness (QED) is 0.316. The second kappa shape index (κ2) is 9.46. The molecule has 0 atom stereocenters. The van der Waals surface area contributed by atoms with Crippen LogP contribution in [0.5, 0.6) is 0 Å². The molecule has 5 heterocycles. The highest BCUT2D eigenvalue weighted by molar-refractivity contribution is 6.39. The molecule has 1 aromatic carbocycles. The minimum atomic E-state index is 0.423. The Morgan fingerprint density at radius 2 is 1.56 bits per heavy atom. The molecule has 8 nitrogen and oxygen atoms in total. The van der Waals surface area contributed by atoms with E-state index in [-0.39, 0.29) is 0 Å².